The smallest absolute Gasteiger partial charge is 0.342 e. The molecular weight excluding hydrogens is 363 g/mol. The first-order valence-electron chi connectivity index (χ1n) is 8.65. The minimum Gasteiger partial charge on any atom is -0.342 e. The third-order valence-electron chi connectivity index (χ3n) is 4.38. The van der Waals surface area contributed by atoms with Crippen LogP contribution in [-0.4, -0.2) is 39.1 Å². The predicted molar refractivity (Wildman–Crippen MR) is 94.9 cm³/mol. The summed E-state index contributed by atoms with van der Waals surface area (Å²) < 4.78 is 39.4. The van der Waals surface area contributed by atoms with Gasteiger partial charge in [0.15, 0.2) is 0 Å². The second-order valence-electron chi connectivity index (χ2n) is 6.37. The number of halogens is 3. The first-order chi connectivity index (χ1) is 12.4. The Hall–Kier alpha value is -1.83. The van der Waals surface area contributed by atoms with E-state index in [4.69, 9.17) is 0 Å². The lowest BCUT2D eigenvalue weighted by Gasteiger charge is -2.24. The van der Waals surface area contributed by atoms with Crippen LogP contribution in [0.25, 0.3) is 10.9 Å². The van der Waals surface area contributed by atoms with Crippen molar-refractivity contribution < 1.29 is 18.0 Å². The average molecular weight is 383 g/mol. The van der Waals surface area contributed by atoms with Gasteiger partial charge in [0.05, 0.1) is 10.8 Å². The molecule has 1 fully saturated rings. The fourth-order valence-corrected chi connectivity index (χ4v) is 4.05. The summed E-state index contributed by atoms with van der Waals surface area (Å²) >= 11 is 1.07. The van der Waals surface area contributed by atoms with Crippen LogP contribution in [0.1, 0.15) is 38.4 Å². The molecule has 0 spiro atoms. The number of carbonyl (C=O) groups is 1. The summed E-state index contributed by atoms with van der Waals surface area (Å²) in [4.78, 5) is 21.9. The zero-order chi connectivity index (χ0) is 18.7. The van der Waals surface area contributed by atoms with Gasteiger partial charge in [-0.3, -0.25) is 4.79 Å². The average Bonchev–Trinajstić information content (AvgIpc) is 2.89. The minimum absolute atomic E-state index is 0.0480. The van der Waals surface area contributed by atoms with Crippen LogP contribution in [0.5, 0.6) is 0 Å². The number of hydrogen-bond donors (Lipinski definition) is 0. The third kappa shape index (κ3) is 4.28. The van der Waals surface area contributed by atoms with Crippen LogP contribution in [0.15, 0.2) is 29.3 Å². The van der Waals surface area contributed by atoms with Crippen molar-refractivity contribution in [1.82, 2.24) is 14.9 Å². The Morgan fingerprint density at radius 3 is 2.42 bits per heavy atom. The molecule has 1 aliphatic heterocycles. The topological polar surface area (TPSA) is 46.1 Å². The highest BCUT2D eigenvalue weighted by molar-refractivity contribution is 8.00. The van der Waals surface area contributed by atoms with Crippen molar-refractivity contribution in [2.45, 2.75) is 49.1 Å². The van der Waals surface area contributed by atoms with Gasteiger partial charge in [0, 0.05) is 18.5 Å². The van der Waals surface area contributed by atoms with Gasteiger partial charge in [0.1, 0.15) is 5.03 Å². The maximum absolute atomic E-state index is 13.1. The molecule has 2 aromatic rings. The zero-order valence-corrected chi connectivity index (χ0v) is 15.2. The molecule has 26 heavy (non-hydrogen) atoms. The van der Waals surface area contributed by atoms with Crippen molar-refractivity contribution in [1.29, 1.82) is 0 Å². The molecule has 3 rings (SSSR count). The van der Waals surface area contributed by atoms with Gasteiger partial charge in [-0.1, -0.05) is 42.8 Å². The van der Waals surface area contributed by atoms with E-state index in [0.29, 0.717) is 18.5 Å². The summed E-state index contributed by atoms with van der Waals surface area (Å²) in [6, 6.07) is 6.57. The Balaban J connectivity index is 1.88. The van der Waals surface area contributed by atoms with Crippen molar-refractivity contribution in [2.75, 3.05) is 13.1 Å². The first kappa shape index (κ1) is 18.9. The van der Waals surface area contributed by atoms with E-state index in [1.54, 1.807) is 25.1 Å². The number of alkyl halides is 3. The van der Waals surface area contributed by atoms with Gasteiger partial charge in [-0.15, -0.1) is 0 Å². The molecule has 1 amide bonds. The molecular formula is C18H20F3N3OS. The molecule has 1 aromatic carbocycles. The number of carbonyl (C=O) groups excluding carboxylic acids is 1. The van der Waals surface area contributed by atoms with E-state index < -0.39 is 17.3 Å². The normalized spacial score (nSPS) is 17.2. The van der Waals surface area contributed by atoms with Crippen LogP contribution in [-0.2, 0) is 11.0 Å². The number of hydrogen-bond acceptors (Lipinski definition) is 4. The SMILES string of the molecule is C[C@@H](Sc1nc(C(F)(F)F)nc2ccccc12)C(=O)N1CCCCCC1. The number of amides is 1. The third-order valence-corrected chi connectivity index (χ3v) is 5.47. The fraction of sp³-hybridized carbons (Fsp3) is 0.500. The number of fused-ring (bicyclic) bond motifs is 1. The molecule has 140 valence electrons. The van der Waals surface area contributed by atoms with Crippen LogP contribution in [0, 0.1) is 0 Å². The molecule has 0 saturated carbocycles. The van der Waals surface area contributed by atoms with Gasteiger partial charge in [-0.25, -0.2) is 9.97 Å². The molecule has 8 heteroatoms. The monoisotopic (exact) mass is 383 g/mol. The highest BCUT2D eigenvalue weighted by atomic mass is 32.2. The predicted octanol–water partition coefficient (Wildman–Crippen LogP) is 4.53. The lowest BCUT2D eigenvalue weighted by Crippen LogP contribution is -2.37. The molecule has 1 aliphatic rings. The van der Waals surface area contributed by atoms with Crippen molar-refractivity contribution in [2.24, 2.45) is 0 Å². The summed E-state index contributed by atoms with van der Waals surface area (Å²) in [5, 5.41) is 0.215. The van der Waals surface area contributed by atoms with E-state index in [1.165, 1.54) is 6.07 Å². The van der Waals surface area contributed by atoms with Gasteiger partial charge < -0.3 is 4.90 Å². The minimum atomic E-state index is -4.63. The molecule has 4 nitrogen and oxygen atoms in total. The summed E-state index contributed by atoms with van der Waals surface area (Å²) in [6.07, 6.45) is -0.472. The standard InChI is InChI=1S/C18H20F3N3OS/c1-12(16(25)24-10-6-2-3-7-11-24)26-15-13-8-4-5-9-14(13)22-17(23-15)18(19,20)21/h4-5,8-9,12H,2-3,6-7,10-11H2,1H3/t12-/m1/s1. The lowest BCUT2D eigenvalue weighted by molar-refractivity contribution is -0.145. The molecule has 1 atom stereocenters. The van der Waals surface area contributed by atoms with Gasteiger partial charge in [0.2, 0.25) is 11.7 Å². The zero-order valence-electron chi connectivity index (χ0n) is 14.4. The lowest BCUT2D eigenvalue weighted by atomic mass is 10.2. The van der Waals surface area contributed by atoms with E-state index in [2.05, 4.69) is 9.97 Å². The summed E-state index contributed by atoms with van der Waals surface area (Å²) in [6.45, 7) is 3.14. The van der Waals surface area contributed by atoms with Crippen molar-refractivity contribution >= 4 is 28.6 Å². The maximum atomic E-state index is 13.1. The van der Waals surface area contributed by atoms with E-state index in [9.17, 15) is 18.0 Å². The Morgan fingerprint density at radius 2 is 1.77 bits per heavy atom. The number of rotatable bonds is 3. The van der Waals surface area contributed by atoms with Gasteiger partial charge in [0.25, 0.3) is 0 Å². The number of likely N-dealkylation sites (tertiary alicyclic amines) is 1. The first-order valence-corrected chi connectivity index (χ1v) is 9.53. The number of nitrogens with zero attached hydrogens (tertiary/aromatic N) is 3. The summed E-state index contributed by atoms with van der Waals surface area (Å²) in [7, 11) is 0. The Bertz CT molecular complexity index is 789. The van der Waals surface area contributed by atoms with Crippen molar-refractivity contribution in [3.63, 3.8) is 0 Å². The largest absolute Gasteiger partial charge is 0.451 e. The van der Waals surface area contributed by atoms with Gasteiger partial charge >= 0.3 is 6.18 Å². The van der Waals surface area contributed by atoms with Gasteiger partial charge in [-0.05, 0) is 25.8 Å². The molecule has 0 unspecified atom stereocenters. The van der Waals surface area contributed by atoms with Crippen LogP contribution >= 0.6 is 11.8 Å². The number of thioether (sulfide) groups is 1. The Morgan fingerprint density at radius 1 is 1.12 bits per heavy atom. The van der Waals surface area contributed by atoms with E-state index >= 15 is 0 Å². The second kappa shape index (κ2) is 7.82. The van der Waals surface area contributed by atoms with Crippen molar-refractivity contribution in [3.05, 3.63) is 30.1 Å². The number of benzene rings is 1. The molecule has 1 saturated heterocycles. The Kier molecular flexibility index (Phi) is 5.70. The maximum Gasteiger partial charge on any atom is 0.451 e. The highest BCUT2D eigenvalue weighted by Crippen LogP contribution is 2.34. The molecule has 0 N–H and O–H groups in total. The van der Waals surface area contributed by atoms with Crippen molar-refractivity contribution in [3.8, 4) is 0 Å². The number of para-hydroxylation sites is 1. The van der Waals surface area contributed by atoms with E-state index in [0.717, 1.165) is 37.4 Å². The summed E-state index contributed by atoms with van der Waals surface area (Å²) in [5.41, 5.74) is 0.228. The number of aromatic nitrogens is 2. The quantitative estimate of drug-likeness (QED) is 0.577. The molecule has 2 heterocycles. The van der Waals surface area contributed by atoms with Crippen LogP contribution in [0.3, 0.4) is 0 Å². The molecule has 0 aliphatic carbocycles. The molecule has 1 aromatic heterocycles. The second-order valence-corrected chi connectivity index (χ2v) is 7.70. The fourth-order valence-electron chi connectivity index (χ4n) is 3.03. The molecule has 0 bridgehead atoms. The molecule has 0 radical (unpaired) electrons. The highest BCUT2D eigenvalue weighted by Gasteiger charge is 2.36. The Labute approximate surface area is 154 Å². The van der Waals surface area contributed by atoms with Crippen LogP contribution in [0.4, 0.5) is 13.2 Å². The van der Waals surface area contributed by atoms with Gasteiger partial charge in [-0.2, -0.15) is 13.2 Å². The summed E-state index contributed by atoms with van der Waals surface area (Å²) in [5.74, 6) is -1.22. The van der Waals surface area contributed by atoms with E-state index in [1.807, 2.05) is 4.90 Å². The van der Waals surface area contributed by atoms with Crippen LogP contribution < -0.4 is 0 Å². The van der Waals surface area contributed by atoms with Crippen LogP contribution in [0.2, 0.25) is 0 Å². The van der Waals surface area contributed by atoms with E-state index in [-0.39, 0.29) is 16.4 Å².